The second-order valence-electron chi connectivity index (χ2n) is 7.24. The van der Waals surface area contributed by atoms with Crippen LogP contribution in [0, 0.1) is 11.6 Å². The maximum absolute atomic E-state index is 14.7. The van der Waals surface area contributed by atoms with Crippen molar-refractivity contribution in [2.45, 2.75) is 19.3 Å². The monoisotopic (exact) mass is 494 g/mol. The maximum Gasteiger partial charge on any atom is 0.573 e. The molecule has 2 amide bonds. The molecule has 0 heterocycles. The van der Waals surface area contributed by atoms with E-state index in [0.29, 0.717) is 5.56 Å². The third-order valence-electron chi connectivity index (χ3n) is 4.73. The van der Waals surface area contributed by atoms with Crippen LogP contribution in [0.4, 0.5) is 32.4 Å². The summed E-state index contributed by atoms with van der Waals surface area (Å²) in [6.07, 6.45) is -4.95. The highest BCUT2D eigenvalue weighted by Gasteiger charge is 2.33. The number of hydrogen-bond acceptors (Lipinski definition) is 4. The van der Waals surface area contributed by atoms with Crippen LogP contribution in [0.5, 0.6) is 5.75 Å². The molecule has 0 unspecified atom stereocenters. The fourth-order valence-electron chi connectivity index (χ4n) is 3.16. The minimum Gasteiger partial charge on any atom is -0.469 e. The second-order valence-corrected chi connectivity index (χ2v) is 7.24. The van der Waals surface area contributed by atoms with Gasteiger partial charge in [0, 0.05) is 17.8 Å². The van der Waals surface area contributed by atoms with Gasteiger partial charge in [-0.25, -0.2) is 13.6 Å². The highest BCUT2D eigenvalue weighted by Crippen LogP contribution is 2.37. The van der Waals surface area contributed by atoms with Crippen LogP contribution in [0.15, 0.2) is 60.7 Å². The largest absolute Gasteiger partial charge is 0.573 e. The summed E-state index contributed by atoms with van der Waals surface area (Å²) in [5.41, 5.74) is -0.000678. The SMILES string of the molecule is COC(=O)Cc1ccc(CNC(=O)Nc2cc(F)c(-c3ccccc3OC(F)(F)F)c(F)c2)cc1. The first-order valence-corrected chi connectivity index (χ1v) is 10.1. The van der Waals surface area contributed by atoms with Crippen molar-refractivity contribution in [1.82, 2.24) is 5.32 Å². The van der Waals surface area contributed by atoms with E-state index in [1.807, 2.05) is 0 Å². The molecule has 0 atom stereocenters. The van der Waals surface area contributed by atoms with Crippen LogP contribution in [-0.2, 0) is 22.5 Å². The van der Waals surface area contributed by atoms with Crippen molar-refractivity contribution in [1.29, 1.82) is 0 Å². The van der Waals surface area contributed by atoms with Crippen LogP contribution in [0.25, 0.3) is 11.1 Å². The molecule has 0 bridgehead atoms. The van der Waals surface area contributed by atoms with Gasteiger partial charge in [0.15, 0.2) is 0 Å². The van der Waals surface area contributed by atoms with Gasteiger partial charge in [0.2, 0.25) is 0 Å². The number of para-hydroxylation sites is 1. The van der Waals surface area contributed by atoms with Crippen LogP contribution >= 0.6 is 0 Å². The molecule has 0 aliphatic rings. The molecular weight excluding hydrogens is 475 g/mol. The molecule has 0 saturated heterocycles. The van der Waals surface area contributed by atoms with Crippen LogP contribution in [-0.4, -0.2) is 25.5 Å². The first kappa shape index (κ1) is 25.5. The molecule has 2 N–H and O–H groups in total. The van der Waals surface area contributed by atoms with E-state index in [-0.39, 0.29) is 18.7 Å². The predicted molar refractivity (Wildman–Crippen MR) is 116 cm³/mol. The van der Waals surface area contributed by atoms with Crippen LogP contribution < -0.4 is 15.4 Å². The number of carbonyl (C=O) groups excluding carboxylic acids is 2. The Bertz CT molecular complexity index is 1190. The van der Waals surface area contributed by atoms with Gasteiger partial charge in [-0.3, -0.25) is 4.79 Å². The Hall–Kier alpha value is -4.15. The number of urea groups is 1. The fourth-order valence-corrected chi connectivity index (χ4v) is 3.16. The Kier molecular flexibility index (Phi) is 7.90. The molecule has 0 fully saturated rings. The zero-order valence-corrected chi connectivity index (χ0v) is 18.2. The number of ether oxygens (including phenoxy) is 2. The number of nitrogens with one attached hydrogen (secondary N) is 2. The molecule has 184 valence electrons. The van der Waals surface area contributed by atoms with E-state index < -0.39 is 46.9 Å². The van der Waals surface area contributed by atoms with E-state index in [2.05, 4.69) is 20.1 Å². The molecule has 6 nitrogen and oxygen atoms in total. The Morgan fingerprint density at radius 1 is 0.914 bits per heavy atom. The molecule has 3 rings (SSSR count). The predicted octanol–water partition coefficient (Wildman–Crippen LogP) is 5.57. The van der Waals surface area contributed by atoms with Gasteiger partial charge in [0.25, 0.3) is 0 Å². The first-order valence-electron chi connectivity index (χ1n) is 10.1. The zero-order chi connectivity index (χ0) is 25.6. The number of amides is 2. The molecule has 35 heavy (non-hydrogen) atoms. The van der Waals surface area contributed by atoms with Gasteiger partial charge in [0.05, 0.1) is 19.1 Å². The second kappa shape index (κ2) is 10.9. The Morgan fingerprint density at radius 3 is 2.11 bits per heavy atom. The number of anilines is 1. The van der Waals surface area contributed by atoms with Gasteiger partial charge in [-0.1, -0.05) is 42.5 Å². The number of halogens is 5. The van der Waals surface area contributed by atoms with Crippen molar-refractivity contribution in [2.75, 3.05) is 12.4 Å². The highest BCUT2D eigenvalue weighted by atomic mass is 19.4. The van der Waals surface area contributed by atoms with Crippen LogP contribution in [0.3, 0.4) is 0 Å². The summed E-state index contributed by atoms with van der Waals surface area (Å²) in [4.78, 5) is 23.4. The third kappa shape index (κ3) is 7.16. The van der Waals surface area contributed by atoms with Gasteiger partial charge < -0.3 is 20.1 Å². The molecule has 0 radical (unpaired) electrons. The highest BCUT2D eigenvalue weighted by molar-refractivity contribution is 5.89. The van der Waals surface area contributed by atoms with Crippen molar-refractivity contribution < 1.29 is 41.0 Å². The van der Waals surface area contributed by atoms with E-state index in [0.717, 1.165) is 29.8 Å². The van der Waals surface area contributed by atoms with Gasteiger partial charge in [-0.15, -0.1) is 13.2 Å². The molecule has 0 aliphatic carbocycles. The number of esters is 1. The average Bonchev–Trinajstić information content (AvgIpc) is 2.78. The van der Waals surface area contributed by atoms with E-state index in [9.17, 15) is 31.5 Å². The number of alkyl halides is 3. The van der Waals surface area contributed by atoms with Gasteiger partial charge in [-0.2, -0.15) is 0 Å². The number of methoxy groups -OCH3 is 1. The topological polar surface area (TPSA) is 76.7 Å². The lowest BCUT2D eigenvalue weighted by atomic mass is 10.0. The minimum absolute atomic E-state index is 0.0789. The molecular formula is C24H19F5N2O4. The van der Waals surface area contributed by atoms with Gasteiger partial charge in [-0.05, 0) is 29.3 Å². The first-order chi connectivity index (χ1) is 16.6. The molecule has 0 aromatic heterocycles. The van der Waals surface area contributed by atoms with Crippen molar-refractivity contribution in [3.8, 4) is 16.9 Å². The van der Waals surface area contributed by atoms with E-state index >= 15 is 0 Å². The van der Waals surface area contributed by atoms with E-state index in [1.165, 1.54) is 19.2 Å². The Morgan fingerprint density at radius 2 is 1.51 bits per heavy atom. The molecule has 11 heteroatoms. The number of carbonyl (C=O) groups is 2. The Labute approximate surface area is 196 Å². The number of hydrogen-bond donors (Lipinski definition) is 2. The van der Waals surface area contributed by atoms with Crippen LogP contribution in [0.2, 0.25) is 0 Å². The summed E-state index contributed by atoms with van der Waals surface area (Å²) in [5.74, 6) is -3.55. The van der Waals surface area contributed by atoms with E-state index in [1.54, 1.807) is 24.3 Å². The van der Waals surface area contributed by atoms with Gasteiger partial charge in [0.1, 0.15) is 17.4 Å². The maximum atomic E-state index is 14.7. The molecule has 0 aliphatic heterocycles. The third-order valence-corrected chi connectivity index (χ3v) is 4.73. The standard InChI is InChI=1S/C24H19F5N2O4/c1-34-21(32)10-14-6-8-15(9-7-14)13-30-23(33)31-16-11-18(25)22(19(26)12-16)17-4-2-3-5-20(17)35-24(27,28)29/h2-9,11-12H,10,13H2,1H3,(H2,30,31,33). The quantitative estimate of drug-likeness (QED) is 0.333. The summed E-state index contributed by atoms with van der Waals surface area (Å²) in [5, 5.41) is 4.78. The fraction of sp³-hybridized carbons (Fsp3) is 0.167. The number of rotatable bonds is 7. The molecule has 3 aromatic carbocycles. The summed E-state index contributed by atoms with van der Waals surface area (Å²) >= 11 is 0. The Balaban J connectivity index is 1.67. The lowest BCUT2D eigenvalue weighted by molar-refractivity contribution is -0.274. The van der Waals surface area contributed by atoms with Gasteiger partial charge >= 0.3 is 18.4 Å². The lowest BCUT2D eigenvalue weighted by Crippen LogP contribution is -2.28. The molecule has 0 spiro atoms. The summed E-state index contributed by atoms with van der Waals surface area (Å²) in [7, 11) is 1.28. The minimum atomic E-state index is -5.05. The lowest BCUT2D eigenvalue weighted by Gasteiger charge is -2.15. The van der Waals surface area contributed by atoms with E-state index in [4.69, 9.17) is 0 Å². The molecule has 0 saturated carbocycles. The molecule has 3 aromatic rings. The average molecular weight is 494 g/mol. The van der Waals surface area contributed by atoms with Crippen molar-refractivity contribution in [2.24, 2.45) is 0 Å². The summed E-state index contributed by atoms with van der Waals surface area (Å²) < 4.78 is 75.7. The van der Waals surface area contributed by atoms with Crippen molar-refractivity contribution in [3.63, 3.8) is 0 Å². The van der Waals surface area contributed by atoms with Crippen molar-refractivity contribution in [3.05, 3.63) is 83.4 Å². The van der Waals surface area contributed by atoms with Crippen LogP contribution in [0.1, 0.15) is 11.1 Å². The summed E-state index contributed by atoms with van der Waals surface area (Å²) in [6, 6.07) is 12.1. The smallest absolute Gasteiger partial charge is 0.469 e. The zero-order valence-electron chi connectivity index (χ0n) is 18.2. The normalized spacial score (nSPS) is 11.0. The number of benzene rings is 3. The van der Waals surface area contributed by atoms with Crippen molar-refractivity contribution >= 4 is 17.7 Å². The summed E-state index contributed by atoms with van der Waals surface area (Å²) in [6.45, 7) is 0.0789.